The minimum Gasteiger partial charge on any atom is -0.399 e. The molecule has 0 aliphatic carbocycles. The fraction of sp³-hybridized carbons (Fsp3) is 0.600. The lowest BCUT2D eigenvalue weighted by Crippen LogP contribution is -2.47. The smallest absolute Gasteiger partial charge is 0.399 e. The molecule has 118 valence electrons. The third-order valence-electron chi connectivity index (χ3n) is 4.06. The van der Waals surface area contributed by atoms with Gasteiger partial charge in [0, 0.05) is 25.9 Å². The Hall–Kier alpha value is -1.27. The molecule has 0 radical (unpaired) electrons. The van der Waals surface area contributed by atoms with Crippen LogP contribution >= 0.6 is 0 Å². The van der Waals surface area contributed by atoms with Crippen molar-refractivity contribution in [3.63, 3.8) is 0 Å². The number of anilines is 1. The van der Waals surface area contributed by atoms with Crippen LogP contribution in [-0.4, -0.2) is 30.7 Å². The van der Waals surface area contributed by atoms with Crippen LogP contribution in [0.5, 0.6) is 0 Å². The van der Waals surface area contributed by atoms with Crippen molar-refractivity contribution in [2.45, 2.75) is 38.1 Å². The Morgan fingerprint density at radius 2 is 2.10 bits per heavy atom. The van der Waals surface area contributed by atoms with Gasteiger partial charge in [0.1, 0.15) is 0 Å². The van der Waals surface area contributed by atoms with E-state index < -0.39 is 11.7 Å². The van der Waals surface area contributed by atoms with Crippen molar-refractivity contribution >= 4 is 5.69 Å². The van der Waals surface area contributed by atoms with Gasteiger partial charge in [-0.15, -0.1) is 0 Å². The first kappa shape index (κ1) is 16.1. The number of nitrogen functional groups attached to an aromatic ring is 1. The second-order valence-electron chi connectivity index (χ2n) is 5.88. The summed E-state index contributed by atoms with van der Waals surface area (Å²) in [6.07, 6.45) is -2.54. The molecule has 2 N–H and O–H groups in total. The molecule has 2 rings (SSSR count). The van der Waals surface area contributed by atoms with Crippen LogP contribution in [-0.2, 0) is 17.5 Å². The average Bonchev–Trinajstić information content (AvgIpc) is 2.40. The molecule has 1 saturated heterocycles. The number of halogens is 3. The normalized spacial score (nSPS) is 24.2. The summed E-state index contributed by atoms with van der Waals surface area (Å²) in [5, 5.41) is 0. The lowest BCUT2D eigenvalue weighted by atomic mass is 9.94. The Morgan fingerprint density at radius 1 is 1.38 bits per heavy atom. The second-order valence-corrected chi connectivity index (χ2v) is 5.88. The first-order valence-corrected chi connectivity index (χ1v) is 6.97. The van der Waals surface area contributed by atoms with Gasteiger partial charge in [0.05, 0.1) is 11.2 Å². The molecule has 0 amide bonds. The fourth-order valence-electron chi connectivity index (χ4n) is 2.85. The number of nitrogens with two attached hydrogens (primary N) is 1. The number of ether oxygens (including phenoxy) is 1. The second kappa shape index (κ2) is 5.85. The first-order chi connectivity index (χ1) is 9.73. The molecule has 1 fully saturated rings. The summed E-state index contributed by atoms with van der Waals surface area (Å²) in [4.78, 5) is 2.01. The van der Waals surface area contributed by atoms with Gasteiger partial charge < -0.3 is 10.5 Å². The minimum absolute atomic E-state index is 0.131. The number of rotatable bonds is 3. The van der Waals surface area contributed by atoms with E-state index in [2.05, 4.69) is 0 Å². The summed E-state index contributed by atoms with van der Waals surface area (Å²) in [5.41, 5.74) is 4.95. The van der Waals surface area contributed by atoms with Gasteiger partial charge in [-0.2, -0.15) is 13.2 Å². The standard InChI is InChI=1S/C15H21F3N2O/c1-14(21-2)6-3-7-20(10-14)9-11-4-5-12(19)8-13(11)15(16,17)18/h4-5,8H,3,6-7,9-10,19H2,1-2H3. The number of likely N-dealkylation sites (tertiary alicyclic amines) is 1. The number of piperidine rings is 1. The van der Waals surface area contributed by atoms with Crippen molar-refractivity contribution < 1.29 is 17.9 Å². The monoisotopic (exact) mass is 302 g/mol. The molecular formula is C15H21F3N2O. The molecule has 21 heavy (non-hydrogen) atoms. The highest BCUT2D eigenvalue weighted by Gasteiger charge is 2.35. The average molecular weight is 302 g/mol. The Bertz CT molecular complexity index is 504. The number of alkyl halides is 3. The highest BCUT2D eigenvalue weighted by atomic mass is 19.4. The fourth-order valence-corrected chi connectivity index (χ4v) is 2.85. The first-order valence-electron chi connectivity index (χ1n) is 6.97. The Balaban J connectivity index is 2.20. The number of nitrogens with zero attached hydrogens (tertiary/aromatic N) is 1. The zero-order chi connectivity index (χ0) is 15.7. The van der Waals surface area contributed by atoms with Crippen LogP contribution in [0.25, 0.3) is 0 Å². The van der Waals surface area contributed by atoms with Crippen molar-refractivity contribution in [1.82, 2.24) is 4.90 Å². The van der Waals surface area contributed by atoms with Crippen LogP contribution in [0.4, 0.5) is 18.9 Å². The summed E-state index contributed by atoms with van der Waals surface area (Å²) in [5.74, 6) is 0. The third kappa shape index (κ3) is 3.89. The maximum atomic E-state index is 13.1. The quantitative estimate of drug-likeness (QED) is 0.871. The van der Waals surface area contributed by atoms with Crippen LogP contribution in [0.1, 0.15) is 30.9 Å². The molecule has 0 bridgehead atoms. The zero-order valence-corrected chi connectivity index (χ0v) is 12.3. The van der Waals surface area contributed by atoms with E-state index in [1.165, 1.54) is 12.1 Å². The molecule has 1 heterocycles. The van der Waals surface area contributed by atoms with Crippen molar-refractivity contribution in [3.8, 4) is 0 Å². The van der Waals surface area contributed by atoms with Crippen molar-refractivity contribution in [3.05, 3.63) is 29.3 Å². The predicted molar refractivity (Wildman–Crippen MR) is 75.8 cm³/mol. The van der Waals surface area contributed by atoms with Crippen LogP contribution in [0, 0.1) is 0 Å². The van der Waals surface area contributed by atoms with E-state index in [9.17, 15) is 13.2 Å². The van der Waals surface area contributed by atoms with Crippen LogP contribution < -0.4 is 5.73 Å². The number of methoxy groups -OCH3 is 1. The molecule has 1 atom stereocenters. The van der Waals surface area contributed by atoms with E-state index in [0.29, 0.717) is 6.54 Å². The maximum absolute atomic E-state index is 13.1. The molecule has 1 aliphatic heterocycles. The van der Waals surface area contributed by atoms with Gasteiger partial charge in [-0.05, 0) is 44.0 Å². The number of hydrogen-bond donors (Lipinski definition) is 1. The summed E-state index contributed by atoms with van der Waals surface area (Å²) < 4.78 is 44.8. The lowest BCUT2D eigenvalue weighted by Gasteiger charge is -2.39. The molecule has 1 unspecified atom stereocenters. The molecule has 0 saturated carbocycles. The van der Waals surface area contributed by atoms with Gasteiger partial charge in [-0.25, -0.2) is 0 Å². The number of benzene rings is 1. The zero-order valence-electron chi connectivity index (χ0n) is 12.3. The molecule has 6 heteroatoms. The highest BCUT2D eigenvalue weighted by molar-refractivity contribution is 5.46. The van der Waals surface area contributed by atoms with E-state index in [-0.39, 0.29) is 23.4 Å². The predicted octanol–water partition coefficient (Wildman–Crippen LogP) is 3.29. The molecular weight excluding hydrogens is 281 g/mol. The summed E-state index contributed by atoms with van der Waals surface area (Å²) >= 11 is 0. The molecule has 1 aliphatic rings. The van der Waals surface area contributed by atoms with Crippen LogP contribution in [0.15, 0.2) is 18.2 Å². The number of hydrogen-bond acceptors (Lipinski definition) is 3. The molecule has 0 aromatic heterocycles. The Morgan fingerprint density at radius 3 is 2.71 bits per heavy atom. The summed E-state index contributed by atoms with van der Waals surface area (Å²) in [6.45, 7) is 3.66. The topological polar surface area (TPSA) is 38.5 Å². The SMILES string of the molecule is COC1(C)CCCN(Cc2ccc(N)cc2C(F)(F)F)C1. The van der Waals surface area contributed by atoms with E-state index in [1.807, 2.05) is 11.8 Å². The largest absolute Gasteiger partial charge is 0.416 e. The van der Waals surface area contributed by atoms with Gasteiger partial charge >= 0.3 is 6.18 Å². The minimum atomic E-state index is -4.38. The van der Waals surface area contributed by atoms with Crippen molar-refractivity contribution in [1.29, 1.82) is 0 Å². The lowest BCUT2D eigenvalue weighted by molar-refractivity contribution is -0.138. The molecule has 1 aromatic rings. The van der Waals surface area contributed by atoms with Gasteiger partial charge in [0.15, 0.2) is 0 Å². The molecule has 0 spiro atoms. The third-order valence-corrected chi connectivity index (χ3v) is 4.06. The Labute approximate surface area is 122 Å². The molecule has 3 nitrogen and oxygen atoms in total. The van der Waals surface area contributed by atoms with E-state index in [1.54, 1.807) is 7.11 Å². The van der Waals surface area contributed by atoms with Crippen molar-refractivity contribution in [2.24, 2.45) is 0 Å². The van der Waals surface area contributed by atoms with Crippen LogP contribution in [0.2, 0.25) is 0 Å². The Kier molecular flexibility index (Phi) is 4.49. The van der Waals surface area contributed by atoms with E-state index in [4.69, 9.17) is 10.5 Å². The van der Waals surface area contributed by atoms with Gasteiger partial charge in [-0.1, -0.05) is 6.07 Å². The molecule has 1 aromatic carbocycles. The van der Waals surface area contributed by atoms with Crippen LogP contribution in [0.3, 0.4) is 0 Å². The van der Waals surface area contributed by atoms with Gasteiger partial charge in [-0.3, -0.25) is 4.90 Å². The van der Waals surface area contributed by atoms with Crippen molar-refractivity contribution in [2.75, 3.05) is 25.9 Å². The summed E-state index contributed by atoms with van der Waals surface area (Å²) in [6, 6.07) is 4.00. The van der Waals surface area contributed by atoms with E-state index in [0.717, 1.165) is 25.5 Å². The maximum Gasteiger partial charge on any atom is 0.416 e. The highest BCUT2D eigenvalue weighted by Crippen LogP contribution is 2.34. The van der Waals surface area contributed by atoms with Gasteiger partial charge in [0.25, 0.3) is 0 Å². The summed E-state index contributed by atoms with van der Waals surface area (Å²) in [7, 11) is 1.65. The van der Waals surface area contributed by atoms with Gasteiger partial charge in [0.2, 0.25) is 0 Å². The van der Waals surface area contributed by atoms with E-state index >= 15 is 0 Å².